The summed E-state index contributed by atoms with van der Waals surface area (Å²) in [6, 6.07) is 14.1. The molecule has 2 aromatic rings. The number of carbonyl (C=O) groups is 1. The minimum atomic E-state index is 0.0627. The molecule has 0 aliphatic rings. The first-order valence-electron chi connectivity index (χ1n) is 5.95. The van der Waals surface area contributed by atoms with E-state index < -0.39 is 0 Å². The lowest BCUT2D eigenvalue weighted by atomic mass is 10.1. The molecule has 1 unspecified atom stereocenters. The second kappa shape index (κ2) is 5.53. The topological polar surface area (TPSA) is 20.3 Å². The van der Waals surface area contributed by atoms with Crippen LogP contribution in [0.4, 0.5) is 0 Å². The number of amides is 1. The fourth-order valence-corrected chi connectivity index (χ4v) is 2.26. The van der Waals surface area contributed by atoms with Crippen molar-refractivity contribution in [1.29, 1.82) is 0 Å². The lowest BCUT2D eigenvalue weighted by molar-refractivity contribution is 0.0758. The molecule has 2 rings (SSSR count). The molecule has 0 saturated carbocycles. The van der Waals surface area contributed by atoms with Crippen LogP contribution in [-0.4, -0.2) is 29.2 Å². The van der Waals surface area contributed by atoms with Crippen LogP contribution in [0.25, 0.3) is 10.8 Å². The number of benzene rings is 2. The third-order valence-electron chi connectivity index (χ3n) is 3.20. The molecule has 0 spiro atoms. The third kappa shape index (κ3) is 2.56. The summed E-state index contributed by atoms with van der Waals surface area (Å²) in [4.78, 5) is 14.1. The summed E-state index contributed by atoms with van der Waals surface area (Å²) in [5.74, 6) is 0.0627. The first-order valence-corrected chi connectivity index (χ1v) is 7.07. The van der Waals surface area contributed by atoms with Gasteiger partial charge in [-0.15, -0.1) is 0 Å². The van der Waals surface area contributed by atoms with Gasteiger partial charge in [0.2, 0.25) is 0 Å². The molecule has 0 bridgehead atoms. The Morgan fingerprint density at radius 3 is 2.56 bits per heavy atom. The average Bonchev–Trinajstić information content (AvgIpc) is 2.44. The van der Waals surface area contributed by atoms with E-state index in [0.717, 1.165) is 21.7 Å². The molecule has 0 heterocycles. The van der Waals surface area contributed by atoms with Gasteiger partial charge in [-0.3, -0.25) is 4.79 Å². The van der Waals surface area contributed by atoms with Crippen molar-refractivity contribution in [2.24, 2.45) is 0 Å². The van der Waals surface area contributed by atoms with E-state index in [9.17, 15) is 4.79 Å². The predicted molar refractivity (Wildman–Crippen MR) is 79.3 cm³/mol. The molecule has 0 radical (unpaired) electrons. The number of nitrogens with zero attached hydrogens (tertiary/aromatic N) is 1. The summed E-state index contributed by atoms with van der Waals surface area (Å²) in [5, 5.41) is 3.04. The van der Waals surface area contributed by atoms with Crippen molar-refractivity contribution >= 4 is 32.6 Å². The third-order valence-corrected chi connectivity index (χ3v) is 4.14. The van der Waals surface area contributed by atoms with Crippen LogP contribution in [0.5, 0.6) is 0 Å². The highest BCUT2D eigenvalue weighted by molar-refractivity contribution is 9.09. The zero-order chi connectivity index (χ0) is 13.1. The van der Waals surface area contributed by atoms with Gasteiger partial charge in [-0.1, -0.05) is 46.3 Å². The van der Waals surface area contributed by atoms with E-state index in [1.54, 1.807) is 4.90 Å². The molecule has 18 heavy (non-hydrogen) atoms. The Balaban J connectivity index is 2.33. The smallest absolute Gasteiger partial charge is 0.253 e. The second-order valence-electron chi connectivity index (χ2n) is 4.48. The lowest BCUT2D eigenvalue weighted by Crippen LogP contribution is -2.36. The van der Waals surface area contributed by atoms with Crippen LogP contribution in [0.15, 0.2) is 42.5 Å². The van der Waals surface area contributed by atoms with Crippen molar-refractivity contribution in [3.8, 4) is 0 Å². The van der Waals surface area contributed by atoms with Crippen LogP contribution in [0.3, 0.4) is 0 Å². The maximum atomic E-state index is 12.3. The minimum absolute atomic E-state index is 0.0627. The summed E-state index contributed by atoms with van der Waals surface area (Å²) < 4.78 is 0. The number of rotatable bonds is 3. The Labute approximate surface area is 116 Å². The highest BCUT2D eigenvalue weighted by Gasteiger charge is 2.16. The summed E-state index contributed by atoms with van der Waals surface area (Å²) in [5.41, 5.74) is 0.740. The van der Waals surface area contributed by atoms with Crippen LogP contribution in [0, 0.1) is 0 Å². The summed E-state index contributed by atoms with van der Waals surface area (Å²) in [6.07, 6.45) is 0. The molecule has 0 N–H and O–H groups in total. The molecular formula is C15H16BrNO. The number of fused-ring (bicyclic) bond motifs is 1. The summed E-state index contributed by atoms with van der Waals surface area (Å²) in [7, 11) is 1.84. The molecule has 0 fully saturated rings. The maximum Gasteiger partial charge on any atom is 0.253 e. The molecular weight excluding hydrogens is 290 g/mol. The molecule has 1 atom stereocenters. The maximum absolute atomic E-state index is 12.3. The molecule has 0 saturated heterocycles. The number of alkyl halides is 1. The van der Waals surface area contributed by atoms with E-state index >= 15 is 0 Å². The van der Waals surface area contributed by atoms with Gasteiger partial charge in [-0.25, -0.2) is 0 Å². The fourth-order valence-electron chi connectivity index (χ4n) is 1.83. The van der Waals surface area contributed by atoms with Crippen molar-refractivity contribution in [1.82, 2.24) is 4.90 Å². The van der Waals surface area contributed by atoms with E-state index in [1.165, 1.54) is 0 Å². The lowest BCUT2D eigenvalue weighted by Gasteiger charge is -2.23. The van der Waals surface area contributed by atoms with Crippen LogP contribution in [-0.2, 0) is 0 Å². The molecule has 3 heteroatoms. The highest BCUT2D eigenvalue weighted by atomic mass is 79.9. The Hall–Kier alpha value is -1.35. The van der Waals surface area contributed by atoms with E-state index in [0.29, 0.717) is 0 Å². The molecule has 2 nitrogen and oxygen atoms in total. The number of hydrogen-bond donors (Lipinski definition) is 0. The highest BCUT2D eigenvalue weighted by Crippen LogP contribution is 2.17. The average molecular weight is 306 g/mol. The minimum Gasteiger partial charge on any atom is -0.338 e. The van der Waals surface area contributed by atoms with E-state index in [-0.39, 0.29) is 11.9 Å². The SMILES string of the molecule is CC(CBr)N(C)C(=O)c1ccc2ccccc2c1. The Kier molecular flexibility index (Phi) is 4.02. The normalized spacial score (nSPS) is 12.4. The van der Waals surface area contributed by atoms with Gasteiger partial charge >= 0.3 is 0 Å². The number of halogens is 1. The first kappa shape index (κ1) is 13.1. The van der Waals surface area contributed by atoms with Crippen molar-refractivity contribution in [3.63, 3.8) is 0 Å². The van der Waals surface area contributed by atoms with Gasteiger partial charge in [0, 0.05) is 24.0 Å². The Morgan fingerprint density at radius 1 is 1.22 bits per heavy atom. The van der Waals surface area contributed by atoms with Crippen molar-refractivity contribution in [2.75, 3.05) is 12.4 Å². The van der Waals surface area contributed by atoms with Gasteiger partial charge in [0.05, 0.1) is 0 Å². The van der Waals surface area contributed by atoms with Crippen LogP contribution in [0.2, 0.25) is 0 Å². The van der Waals surface area contributed by atoms with E-state index in [2.05, 4.69) is 22.0 Å². The van der Waals surface area contributed by atoms with Crippen molar-refractivity contribution in [3.05, 3.63) is 48.0 Å². The zero-order valence-corrected chi connectivity index (χ0v) is 12.1. The van der Waals surface area contributed by atoms with Gasteiger partial charge in [-0.2, -0.15) is 0 Å². The van der Waals surface area contributed by atoms with Crippen LogP contribution in [0.1, 0.15) is 17.3 Å². The zero-order valence-electron chi connectivity index (χ0n) is 10.6. The summed E-state index contributed by atoms with van der Waals surface area (Å²) in [6.45, 7) is 2.02. The van der Waals surface area contributed by atoms with Gasteiger partial charge in [0.25, 0.3) is 5.91 Å². The van der Waals surface area contributed by atoms with Gasteiger partial charge in [0.1, 0.15) is 0 Å². The molecule has 1 amide bonds. The summed E-state index contributed by atoms with van der Waals surface area (Å²) >= 11 is 3.40. The monoisotopic (exact) mass is 305 g/mol. The molecule has 0 aliphatic carbocycles. The molecule has 2 aromatic carbocycles. The standard InChI is InChI=1S/C15H16BrNO/c1-11(10-16)17(2)15(18)14-8-7-12-5-3-4-6-13(12)9-14/h3-9,11H,10H2,1-2H3. The first-order chi connectivity index (χ1) is 8.63. The van der Waals surface area contributed by atoms with Crippen molar-refractivity contribution < 1.29 is 4.79 Å². The van der Waals surface area contributed by atoms with Crippen LogP contribution < -0.4 is 0 Å². The van der Waals surface area contributed by atoms with Gasteiger partial charge in [-0.05, 0) is 29.8 Å². The Morgan fingerprint density at radius 2 is 1.89 bits per heavy atom. The second-order valence-corrected chi connectivity index (χ2v) is 5.13. The number of carbonyl (C=O) groups excluding carboxylic acids is 1. The number of hydrogen-bond acceptors (Lipinski definition) is 1. The predicted octanol–water partition coefficient (Wildman–Crippen LogP) is 3.70. The molecule has 0 aromatic heterocycles. The van der Waals surface area contributed by atoms with Gasteiger partial charge < -0.3 is 4.90 Å². The van der Waals surface area contributed by atoms with Crippen molar-refractivity contribution in [2.45, 2.75) is 13.0 Å². The quantitative estimate of drug-likeness (QED) is 0.792. The van der Waals surface area contributed by atoms with E-state index in [4.69, 9.17) is 0 Å². The fraction of sp³-hybridized carbons (Fsp3) is 0.267. The van der Waals surface area contributed by atoms with Crippen LogP contribution >= 0.6 is 15.9 Å². The van der Waals surface area contributed by atoms with Gasteiger partial charge in [0.15, 0.2) is 0 Å². The molecule has 0 aliphatic heterocycles. The molecule has 94 valence electrons. The Bertz CT molecular complexity index is 567. The largest absolute Gasteiger partial charge is 0.338 e. The van der Waals surface area contributed by atoms with E-state index in [1.807, 2.05) is 50.4 Å².